The molecule has 6 heteroatoms. The maximum absolute atomic E-state index is 12.9. The second-order valence-corrected chi connectivity index (χ2v) is 7.54. The van der Waals surface area contributed by atoms with Crippen molar-refractivity contribution in [2.75, 3.05) is 6.79 Å². The molecule has 6 aliphatic rings. The first-order valence-electron chi connectivity index (χ1n) is 8.65. The number of carbonyl (C=O) groups excluding carboxylic acids is 3. The van der Waals surface area contributed by atoms with Crippen molar-refractivity contribution >= 4 is 17.7 Å². The number of rotatable bonds is 1. The number of hydrogen-bond donors (Lipinski definition) is 0. The highest BCUT2D eigenvalue weighted by atomic mass is 16.7. The third-order valence-corrected chi connectivity index (χ3v) is 6.49. The normalized spacial score (nSPS) is 38.8. The summed E-state index contributed by atoms with van der Waals surface area (Å²) in [6.45, 7) is 0.108. The fourth-order valence-electron chi connectivity index (χ4n) is 5.32. The van der Waals surface area contributed by atoms with Crippen molar-refractivity contribution in [1.29, 1.82) is 0 Å². The molecule has 7 rings (SSSR count). The average Bonchev–Trinajstić information content (AvgIpc) is 3.25. The van der Waals surface area contributed by atoms with Crippen LogP contribution in [0.5, 0.6) is 11.5 Å². The van der Waals surface area contributed by atoms with Crippen LogP contribution >= 0.6 is 0 Å². The number of fused-ring (bicyclic) bond motifs is 1. The van der Waals surface area contributed by atoms with E-state index in [1.165, 1.54) is 6.07 Å². The molecule has 2 aliphatic heterocycles. The lowest BCUT2D eigenvalue weighted by molar-refractivity contribution is -0.136. The summed E-state index contributed by atoms with van der Waals surface area (Å²) in [6.07, 6.45) is 5.30. The van der Waals surface area contributed by atoms with Crippen LogP contribution in [0.25, 0.3) is 0 Å². The van der Waals surface area contributed by atoms with Gasteiger partial charge in [-0.25, -0.2) is 4.90 Å². The summed E-state index contributed by atoms with van der Waals surface area (Å²) in [5, 5.41) is 0. The highest BCUT2D eigenvalue weighted by Crippen LogP contribution is 2.65. The minimum Gasteiger partial charge on any atom is -0.454 e. The lowest BCUT2D eigenvalue weighted by Crippen LogP contribution is -2.40. The summed E-state index contributed by atoms with van der Waals surface area (Å²) in [5.41, 5.74) is 0.273. The standard InChI is InChI=1S/C19H15NO5/c21-17(8-1-4-13-14(5-8)25-7-24-13)20-18(22)15-9-2-3-10(12-6-11(9)12)16(15)19(20)23/h1-5,9-12,15-16H,6-7H2/t9-,10-,11-,12+,15+,16+/m0/s1. The number of benzene rings is 1. The fraction of sp³-hybridized carbons (Fsp3) is 0.421. The van der Waals surface area contributed by atoms with E-state index in [2.05, 4.69) is 12.2 Å². The molecule has 126 valence electrons. The highest BCUT2D eigenvalue weighted by Gasteiger charge is 2.67. The Labute approximate surface area is 143 Å². The van der Waals surface area contributed by atoms with E-state index in [9.17, 15) is 14.4 Å². The molecule has 0 unspecified atom stereocenters. The van der Waals surface area contributed by atoms with Crippen molar-refractivity contribution in [2.24, 2.45) is 35.5 Å². The molecule has 1 saturated heterocycles. The highest BCUT2D eigenvalue weighted by molar-refractivity contribution is 6.21. The maximum Gasteiger partial charge on any atom is 0.267 e. The summed E-state index contributed by atoms with van der Waals surface area (Å²) in [5.74, 6) is 0.366. The Kier molecular flexibility index (Phi) is 2.35. The summed E-state index contributed by atoms with van der Waals surface area (Å²) >= 11 is 0. The van der Waals surface area contributed by atoms with Crippen LogP contribution in [0.3, 0.4) is 0 Å². The van der Waals surface area contributed by atoms with Crippen molar-refractivity contribution < 1.29 is 23.9 Å². The number of nitrogens with zero attached hydrogens (tertiary/aromatic N) is 1. The van der Waals surface area contributed by atoms with Gasteiger partial charge in [0.1, 0.15) is 0 Å². The first-order valence-corrected chi connectivity index (χ1v) is 8.65. The predicted octanol–water partition coefficient (Wildman–Crippen LogP) is 1.61. The second-order valence-electron chi connectivity index (χ2n) is 7.54. The monoisotopic (exact) mass is 337 g/mol. The van der Waals surface area contributed by atoms with Crippen molar-refractivity contribution in [3.05, 3.63) is 35.9 Å². The first kappa shape index (κ1) is 13.6. The Morgan fingerprint density at radius 1 is 0.960 bits per heavy atom. The molecule has 6 nitrogen and oxygen atoms in total. The van der Waals surface area contributed by atoms with Gasteiger partial charge in [-0.1, -0.05) is 12.2 Å². The Bertz CT molecular complexity index is 854. The molecule has 25 heavy (non-hydrogen) atoms. The Morgan fingerprint density at radius 2 is 1.60 bits per heavy atom. The SMILES string of the molecule is O=C(c1ccc2c(c1)OCO2)N1C(=O)[C@@H]2[C@H]3C=C[C@@H]([C@@H]4C[C@H]34)[C@H]2C1=O. The van der Waals surface area contributed by atoms with Gasteiger partial charge in [0, 0.05) is 5.56 Å². The summed E-state index contributed by atoms with van der Waals surface area (Å²) in [6, 6.07) is 4.74. The van der Waals surface area contributed by atoms with Gasteiger partial charge in [0.2, 0.25) is 18.6 Å². The largest absolute Gasteiger partial charge is 0.454 e. The van der Waals surface area contributed by atoms with E-state index in [1.54, 1.807) is 12.1 Å². The molecule has 0 N–H and O–H groups in total. The third kappa shape index (κ3) is 1.57. The molecule has 0 aromatic heterocycles. The van der Waals surface area contributed by atoms with E-state index >= 15 is 0 Å². The molecular formula is C19H15NO5. The zero-order chi connectivity index (χ0) is 16.9. The number of hydrogen-bond acceptors (Lipinski definition) is 5. The van der Waals surface area contributed by atoms with E-state index in [0.29, 0.717) is 23.3 Å². The zero-order valence-electron chi connectivity index (χ0n) is 13.3. The van der Waals surface area contributed by atoms with Gasteiger partial charge in [-0.05, 0) is 48.3 Å². The summed E-state index contributed by atoms with van der Waals surface area (Å²) in [7, 11) is 0. The Morgan fingerprint density at radius 3 is 2.28 bits per heavy atom. The third-order valence-electron chi connectivity index (χ3n) is 6.49. The van der Waals surface area contributed by atoms with Gasteiger partial charge >= 0.3 is 0 Å². The average molecular weight is 337 g/mol. The molecule has 2 saturated carbocycles. The topological polar surface area (TPSA) is 72.9 Å². The summed E-state index contributed by atoms with van der Waals surface area (Å²) < 4.78 is 10.5. The van der Waals surface area contributed by atoms with Gasteiger partial charge in [0.25, 0.3) is 5.91 Å². The van der Waals surface area contributed by atoms with Crippen molar-refractivity contribution in [3.63, 3.8) is 0 Å². The Balaban J connectivity index is 1.37. The number of likely N-dealkylation sites (tertiary alicyclic amines) is 1. The molecule has 0 radical (unpaired) electrons. The molecule has 2 bridgehead atoms. The van der Waals surface area contributed by atoms with E-state index < -0.39 is 5.91 Å². The van der Waals surface area contributed by atoms with E-state index in [0.717, 1.165) is 11.3 Å². The van der Waals surface area contributed by atoms with Gasteiger partial charge in [-0.3, -0.25) is 14.4 Å². The number of allylic oxidation sites excluding steroid dienone is 2. The predicted molar refractivity (Wildman–Crippen MR) is 83.4 cm³/mol. The van der Waals surface area contributed by atoms with Crippen molar-refractivity contribution in [3.8, 4) is 11.5 Å². The fourth-order valence-corrected chi connectivity index (χ4v) is 5.32. The molecule has 1 aromatic rings. The van der Waals surface area contributed by atoms with Crippen LogP contribution in [-0.4, -0.2) is 29.4 Å². The molecule has 0 spiro atoms. The minimum atomic E-state index is -0.559. The van der Waals surface area contributed by atoms with Gasteiger partial charge in [0.05, 0.1) is 11.8 Å². The van der Waals surface area contributed by atoms with Crippen LogP contribution in [0.4, 0.5) is 0 Å². The zero-order valence-corrected chi connectivity index (χ0v) is 13.3. The lowest BCUT2D eigenvalue weighted by atomic mass is 9.63. The van der Waals surface area contributed by atoms with E-state index in [4.69, 9.17) is 9.47 Å². The van der Waals surface area contributed by atoms with Gasteiger partial charge in [-0.2, -0.15) is 0 Å². The molecule has 4 aliphatic carbocycles. The van der Waals surface area contributed by atoms with Gasteiger partial charge in [0.15, 0.2) is 11.5 Å². The Hall–Kier alpha value is -2.63. The van der Waals surface area contributed by atoms with E-state index in [-0.39, 0.29) is 47.8 Å². The molecule has 6 atom stereocenters. The van der Waals surface area contributed by atoms with Gasteiger partial charge in [-0.15, -0.1) is 0 Å². The maximum atomic E-state index is 12.9. The quantitative estimate of drug-likeness (QED) is 0.575. The number of amides is 3. The second kappa shape index (κ2) is 4.31. The molecular weight excluding hydrogens is 322 g/mol. The van der Waals surface area contributed by atoms with Crippen LogP contribution in [-0.2, 0) is 9.59 Å². The molecule has 3 fully saturated rings. The number of ether oxygens (including phenoxy) is 2. The number of carbonyl (C=O) groups is 3. The first-order chi connectivity index (χ1) is 12.1. The van der Waals surface area contributed by atoms with Crippen molar-refractivity contribution in [1.82, 2.24) is 4.90 Å². The van der Waals surface area contributed by atoms with Gasteiger partial charge < -0.3 is 9.47 Å². The van der Waals surface area contributed by atoms with Crippen LogP contribution in [0, 0.1) is 35.5 Å². The van der Waals surface area contributed by atoms with Crippen LogP contribution < -0.4 is 9.47 Å². The summed E-state index contributed by atoms with van der Waals surface area (Å²) in [4.78, 5) is 39.7. The molecule has 2 heterocycles. The number of imide groups is 3. The lowest BCUT2D eigenvalue weighted by Gasteiger charge is -2.37. The van der Waals surface area contributed by atoms with Crippen LogP contribution in [0.15, 0.2) is 30.4 Å². The van der Waals surface area contributed by atoms with E-state index in [1.807, 2.05) is 0 Å². The molecule has 1 aromatic carbocycles. The smallest absolute Gasteiger partial charge is 0.267 e. The minimum absolute atomic E-state index is 0.108. The van der Waals surface area contributed by atoms with Crippen molar-refractivity contribution in [2.45, 2.75) is 6.42 Å². The molecule has 3 amide bonds. The van der Waals surface area contributed by atoms with Crippen LogP contribution in [0.1, 0.15) is 16.8 Å². The van der Waals surface area contributed by atoms with Crippen LogP contribution in [0.2, 0.25) is 0 Å².